The van der Waals surface area contributed by atoms with Gasteiger partial charge in [0.2, 0.25) is 0 Å². The Hall–Kier alpha value is -0.540. The van der Waals surface area contributed by atoms with Crippen molar-refractivity contribution in [3.8, 4) is 0 Å². The van der Waals surface area contributed by atoms with E-state index in [0.717, 1.165) is 12.5 Å². The number of nitrogens with one attached hydrogen (secondary N) is 1. The van der Waals surface area contributed by atoms with Crippen LogP contribution in [0.3, 0.4) is 0 Å². The molecule has 0 bridgehead atoms. The number of thioether (sulfide) groups is 1. The molecule has 3 atom stereocenters. The summed E-state index contributed by atoms with van der Waals surface area (Å²) in [5, 5.41) is 5.52. The zero-order valence-electron chi connectivity index (χ0n) is 12.1. The molecule has 1 fully saturated rings. The maximum atomic E-state index is 4.47. The highest BCUT2D eigenvalue weighted by Crippen LogP contribution is 2.37. The molecule has 1 aromatic rings. The van der Waals surface area contributed by atoms with Gasteiger partial charge in [-0.05, 0) is 43.9 Å². The second-order valence-electron chi connectivity index (χ2n) is 5.46. The molecule has 1 aromatic heterocycles. The third-order valence-corrected chi connectivity index (χ3v) is 5.28. The molecule has 3 unspecified atom stereocenters. The van der Waals surface area contributed by atoms with Crippen LogP contribution < -0.4 is 5.32 Å². The van der Waals surface area contributed by atoms with Crippen molar-refractivity contribution in [2.24, 2.45) is 5.92 Å². The Morgan fingerprint density at radius 1 is 1.32 bits per heavy atom. The van der Waals surface area contributed by atoms with Crippen molar-refractivity contribution in [1.82, 2.24) is 10.3 Å². The van der Waals surface area contributed by atoms with Gasteiger partial charge < -0.3 is 5.32 Å². The van der Waals surface area contributed by atoms with Gasteiger partial charge in [-0.15, -0.1) is 11.8 Å². The van der Waals surface area contributed by atoms with Crippen LogP contribution >= 0.6 is 11.8 Å². The van der Waals surface area contributed by atoms with E-state index in [9.17, 15) is 0 Å². The van der Waals surface area contributed by atoms with Crippen molar-refractivity contribution in [3.05, 3.63) is 24.4 Å². The fourth-order valence-corrected chi connectivity index (χ4v) is 4.43. The van der Waals surface area contributed by atoms with E-state index in [0.29, 0.717) is 11.3 Å². The van der Waals surface area contributed by atoms with Crippen LogP contribution in [0.1, 0.15) is 46.0 Å². The van der Waals surface area contributed by atoms with Crippen molar-refractivity contribution < 1.29 is 0 Å². The van der Waals surface area contributed by atoms with Crippen LogP contribution in [-0.2, 0) is 0 Å². The van der Waals surface area contributed by atoms with Gasteiger partial charge in [0.15, 0.2) is 0 Å². The average molecular weight is 278 g/mol. The monoisotopic (exact) mass is 278 g/mol. The van der Waals surface area contributed by atoms with Crippen LogP contribution in [0.15, 0.2) is 29.4 Å². The fourth-order valence-electron chi connectivity index (χ4n) is 3.08. The van der Waals surface area contributed by atoms with Gasteiger partial charge in [0, 0.05) is 17.5 Å². The van der Waals surface area contributed by atoms with E-state index in [2.05, 4.69) is 36.3 Å². The zero-order valence-corrected chi connectivity index (χ0v) is 13.0. The summed E-state index contributed by atoms with van der Waals surface area (Å²) in [5.74, 6) is 0.918. The summed E-state index contributed by atoms with van der Waals surface area (Å²) in [6, 6.07) is 6.87. The van der Waals surface area contributed by atoms with Gasteiger partial charge >= 0.3 is 0 Å². The van der Waals surface area contributed by atoms with Gasteiger partial charge in [-0.2, -0.15) is 0 Å². The maximum Gasteiger partial charge on any atom is 0.0963 e. The largest absolute Gasteiger partial charge is 0.313 e. The molecule has 0 aromatic carbocycles. The first-order valence-electron chi connectivity index (χ1n) is 7.64. The number of hydrogen-bond acceptors (Lipinski definition) is 3. The van der Waals surface area contributed by atoms with Crippen LogP contribution in [0.4, 0.5) is 0 Å². The Bertz CT molecular complexity index is 355. The number of pyridine rings is 1. The minimum absolute atomic E-state index is 0.658. The van der Waals surface area contributed by atoms with Crippen molar-refractivity contribution in [2.75, 3.05) is 6.54 Å². The van der Waals surface area contributed by atoms with Crippen LogP contribution in [0, 0.1) is 5.92 Å². The Morgan fingerprint density at radius 2 is 2.21 bits per heavy atom. The van der Waals surface area contributed by atoms with E-state index in [-0.39, 0.29) is 0 Å². The third kappa shape index (κ3) is 4.50. The molecular formula is C16H26N2S. The summed E-state index contributed by atoms with van der Waals surface area (Å²) in [5.41, 5.74) is 0. The predicted molar refractivity (Wildman–Crippen MR) is 83.6 cm³/mol. The van der Waals surface area contributed by atoms with Crippen molar-refractivity contribution in [1.29, 1.82) is 0 Å². The number of aromatic nitrogens is 1. The lowest BCUT2D eigenvalue weighted by molar-refractivity contribution is 0.289. The molecule has 0 aliphatic heterocycles. The van der Waals surface area contributed by atoms with E-state index < -0.39 is 0 Å². The van der Waals surface area contributed by atoms with E-state index in [1.807, 2.05) is 24.0 Å². The Kier molecular flexibility index (Phi) is 6.18. The summed E-state index contributed by atoms with van der Waals surface area (Å²) in [6.45, 7) is 5.58. The third-order valence-electron chi connectivity index (χ3n) is 3.97. The first kappa shape index (κ1) is 14.9. The molecule has 0 saturated heterocycles. The Balaban J connectivity index is 1.98. The lowest BCUT2D eigenvalue weighted by Crippen LogP contribution is -2.42. The van der Waals surface area contributed by atoms with Gasteiger partial charge in [0.25, 0.3) is 0 Å². The molecule has 106 valence electrons. The highest BCUT2D eigenvalue weighted by molar-refractivity contribution is 7.99. The summed E-state index contributed by atoms with van der Waals surface area (Å²) in [4.78, 5) is 4.47. The van der Waals surface area contributed by atoms with Crippen molar-refractivity contribution in [3.63, 3.8) is 0 Å². The van der Waals surface area contributed by atoms with Gasteiger partial charge in [-0.1, -0.05) is 32.8 Å². The molecule has 0 radical (unpaired) electrons. The van der Waals surface area contributed by atoms with E-state index in [1.165, 1.54) is 37.1 Å². The van der Waals surface area contributed by atoms with Crippen molar-refractivity contribution in [2.45, 2.75) is 62.3 Å². The minimum atomic E-state index is 0.658. The number of hydrogen-bond donors (Lipinski definition) is 1. The van der Waals surface area contributed by atoms with Crippen LogP contribution in [-0.4, -0.2) is 22.8 Å². The van der Waals surface area contributed by atoms with Crippen LogP contribution in [0.25, 0.3) is 0 Å². The average Bonchev–Trinajstić information content (AvgIpc) is 2.43. The van der Waals surface area contributed by atoms with Gasteiger partial charge in [-0.25, -0.2) is 4.98 Å². The lowest BCUT2D eigenvalue weighted by Gasteiger charge is -2.36. The second-order valence-corrected chi connectivity index (χ2v) is 6.72. The molecule has 1 heterocycles. The summed E-state index contributed by atoms with van der Waals surface area (Å²) < 4.78 is 0. The molecule has 1 aliphatic carbocycles. The van der Waals surface area contributed by atoms with E-state index in [1.54, 1.807) is 0 Å². The fraction of sp³-hybridized carbons (Fsp3) is 0.688. The molecule has 2 rings (SSSR count). The van der Waals surface area contributed by atoms with Crippen molar-refractivity contribution >= 4 is 11.8 Å². The Morgan fingerprint density at radius 3 is 2.89 bits per heavy atom. The molecule has 2 nitrogen and oxygen atoms in total. The smallest absolute Gasteiger partial charge is 0.0963 e. The summed E-state index contributed by atoms with van der Waals surface area (Å²) >= 11 is 1.97. The first-order valence-corrected chi connectivity index (χ1v) is 8.52. The topological polar surface area (TPSA) is 24.9 Å². The maximum absolute atomic E-state index is 4.47. The normalized spacial score (nSPS) is 27.4. The molecule has 1 saturated carbocycles. The SMILES string of the molecule is CCCC1CCC(NCC)C(Sc2ccccn2)C1. The molecule has 1 aliphatic rings. The quantitative estimate of drug-likeness (QED) is 0.847. The minimum Gasteiger partial charge on any atom is -0.313 e. The van der Waals surface area contributed by atoms with Gasteiger partial charge in [0.05, 0.1) is 5.03 Å². The summed E-state index contributed by atoms with van der Waals surface area (Å²) in [7, 11) is 0. The highest BCUT2D eigenvalue weighted by Gasteiger charge is 2.30. The lowest BCUT2D eigenvalue weighted by atomic mass is 9.83. The Labute approximate surface area is 121 Å². The summed E-state index contributed by atoms with van der Waals surface area (Å²) in [6.07, 6.45) is 8.66. The first-order chi connectivity index (χ1) is 9.33. The molecule has 1 N–H and O–H groups in total. The van der Waals surface area contributed by atoms with E-state index in [4.69, 9.17) is 0 Å². The standard InChI is InChI=1S/C16H26N2S/c1-3-7-13-9-10-14(17-4-2)15(12-13)19-16-8-5-6-11-18-16/h5-6,8,11,13-15,17H,3-4,7,9-10,12H2,1-2H3. The zero-order chi connectivity index (χ0) is 13.5. The molecule has 0 spiro atoms. The predicted octanol–water partition coefficient (Wildman–Crippen LogP) is 4.12. The second kappa shape index (κ2) is 7.91. The molecular weight excluding hydrogens is 252 g/mol. The number of rotatable bonds is 6. The van der Waals surface area contributed by atoms with Gasteiger partial charge in [0.1, 0.15) is 0 Å². The van der Waals surface area contributed by atoms with Crippen LogP contribution in [0.2, 0.25) is 0 Å². The van der Waals surface area contributed by atoms with E-state index >= 15 is 0 Å². The molecule has 3 heteroatoms. The molecule has 0 amide bonds. The highest BCUT2D eigenvalue weighted by atomic mass is 32.2. The van der Waals surface area contributed by atoms with Crippen LogP contribution in [0.5, 0.6) is 0 Å². The number of nitrogens with zero attached hydrogens (tertiary/aromatic N) is 1. The van der Waals surface area contributed by atoms with Gasteiger partial charge in [-0.3, -0.25) is 0 Å². The molecule has 19 heavy (non-hydrogen) atoms.